The van der Waals surface area contributed by atoms with Crippen LogP contribution in [0.15, 0.2) is 255 Å². The summed E-state index contributed by atoms with van der Waals surface area (Å²) in [4.78, 5) is 30.9. The second-order valence-electron chi connectivity index (χ2n) is 19.9. The van der Waals surface area contributed by atoms with E-state index in [1.54, 1.807) is 0 Å². The summed E-state index contributed by atoms with van der Waals surface area (Å²) in [6.07, 6.45) is 0. The molecule has 0 saturated heterocycles. The standard InChI is InChI=1S/C70H42N8S/c1-4-17-44(18-5-1)65-71-66(47-33-36-51(37-34-47)77-58-28-13-10-25-52(58)54-38-39-55-53-26-12-15-30-61(53)79-64(55)63(54)77)73-69(72-65)50-24-16-23-48(41-50)49-32-31-43-35-40-60-62(57(43)42-49)56-27-11-14-29-59(56)78(60)70-75-67(45-19-6-2-7-20-45)74-68(76-70)46-21-8-3-9-22-46/h1-42H. The molecule has 79 heavy (non-hydrogen) atoms. The first-order valence-corrected chi connectivity index (χ1v) is 27.2. The van der Waals surface area contributed by atoms with E-state index < -0.39 is 0 Å². The summed E-state index contributed by atoms with van der Waals surface area (Å²) in [5, 5.41) is 9.53. The Morgan fingerprint density at radius 1 is 0.278 bits per heavy atom. The van der Waals surface area contributed by atoms with Crippen molar-refractivity contribution in [1.82, 2.24) is 39.0 Å². The molecule has 0 amide bonds. The van der Waals surface area contributed by atoms with Gasteiger partial charge in [0.2, 0.25) is 5.95 Å². The third-order valence-corrected chi connectivity index (χ3v) is 16.4. The van der Waals surface area contributed by atoms with Crippen LogP contribution in [0.4, 0.5) is 0 Å². The van der Waals surface area contributed by atoms with Crippen molar-refractivity contribution in [3.05, 3.63) is 255 Å². The minimum Gasteiger partial charge on any atom is -0.308 e. The zero-order valence-electron chi connectivity index (χ0n) is 42.2. The number of thiophene rings is 1. The van der Waals surface area contributed by atoms with Crippen LogP contribution >= 0.6 is 11.3 Å². The highest BCUT2D eigenvalue weighted by Gasteiger charge is 2.22. The average Bonchev–Trinajstić information content (AvgIpc) is 4.36. The fourth-order valence-corrected chi connectivity index (χ4v) is 12.8. The monoisotopic (exact) mass is 1030 g/mol. The first kappa shape index (κ1) is 44.8. The van der Waals surface area contributed by atoms with E-state index in [-0.39, 0.29) is 0 Å². The summed E-state index contributed by atoms with van der Waals surface area (Å²) in [5.41, 5.74) is 12.1. The maximum atomic E-state index is 5.25. The molecule has 0 fully saturated rings. The molecule has 5 heterocycles. The molecule has 0 unspecified atom stereocenters. The third kappa shape index (κ3) is 7.43. The molecule has 8 nitrogen and oxygen atoms in total. The number of nitrogens with zero attached hydrogens (tertiary/aromatic N) is 8. The largest absolute Gasteiger partial charge is 0.308 e. The Morgan fingerprint density at radius 3 is 1.43 bits per heavy atom. The Labute approximate surface area is 456 Å². The summed E-state index contributed by atoms with van der Waals surface area (Å²) in [6.45, 7) is 0. The number of hydrogen-bond donors (Lipinski definition) is 0. The fraction of sp³-hybridized carbons (Fsp3) is 0. The number of para-hydroxylation sites is 2. The van der Waals surface area contributed by atoms with Crippen LogP contribution in [0.25, 0.3) is 154 Å². The second kappa shape index (κ2) is 18.1. The van der Waals surface area contributed by atoms with E-state index in [1.807, 2.05) is 90.2 Å². The molecule has 0 aliphatic heterocycles. The van der Waals surface area contributed by atoms with E-state index in [4.69, 9.17) is 29.9 Å². The van der Waals surface area contributed by atoms with Crippen molar-refractivity contribution in [2.24, 2.45) is 0 Å². The molecular formula is C70H42N8S. The molecule has 5 aromatic heterocycles. The molecule has 0 aliphatic rings. The maximum absolute atomic E-state index is 5.25. The normalized spacial score (nSPS) is 11.8. The van der Waals surface area contributed by atoms with E-state index in [2.05, 4.69) is 185 Å². The van der Waals surface area contributed by atoms with Crippen LogP contribution in [-0.2, 0) is 0 Å². The molecule has 16 rings (SSSR count). The van der Waals surface area contributed by atoms with Crippen molar-refractivity contribution in [2.45, 2.75) is 0 Å². The number of rotatable bonds is 8. The smallest absolute Gasteiger partial charge is 0.238 e. The topological polar surface area (TPSA) is 87.2 Å². The minimum atomic E-state index is 0.557. The van der Waals surface area contributed by atoms with Crippen molar-refractivity contribution < 1.29 is 0 Å². The van der Waals surface area contributed by atoms with E-state index in [0.29, 0.717) is 35.1 Å². The maximum Gasteiger partial charge on any atom is 0.238 e. The highest BCUT2D eigenvalue weighted by Crippen LogP contribution is 2.44. The lowest BCUT2D eigenvalue weighted by atomic mass is 9.97. The SMILES string of the molecule is c1ccc(-c2nc(-c3ccc(-n4c5ccccc5c5ccc6c7ccccc7sc6c54)cc3)nc(-c3cccc(-c4ccc5ccc6c(c5c4)c4ccccc4n6-c4nc(-c5ccccc5)nc(-c5ccccc5)n4)c3)n2)cc1. The van der Waals surface area contributed by atoms with Gasteiger partial charge in [-0.05, 0) is 82.6 Å². The highest BCUT2D eigenvalue weighted by molar-refractivity contribution is 7.26. The fourth-order valence-electron chi connectivity index (χ4n) is 11.5. The van der Waals surface area contributed by atoms with Gasteiger partial charge in [0, 0.05) is 70.5 Å². The molecule has 0 bridgehead atoms. The molecule has 16 aromatic rings. The van der Waals surface area contributed by atoms with Gasteiger partial charge in [-0.3, -0.25) is 4.57 Å². The second-order valence-corrected chi connectivity index (χ2v) is 20.9. The number of fused-ring (bicyclic) bond motifs is 12. The zero-order valence-corrected chi connectivity index (χ0v) is 43.1. The minimum absolute atomic E-state index is 0.557. The molecule has 0 aliphatic carbocycles. The van der Waals surface area contributed by atoms with Gasteiger partial charge in [-0.25, -0.2) is 19.9 Å². The molecule has 9 heteroatoms. The van der Waals surface area contributed by atoms with Gasteiger partial charge >= 0.3 is 0 Å². The van der Waals surface area contributed by atoms with Crippen molar-refractivity contribution in [3.63, 3.8) is 0 Å². The number of benzene rings is 11. The Balaban J connectivity index is 0.810. The molecule has 0 radical (unpaired) electrons. The Bertz CT molecular complexity index is 5010. The van der Waals surface area contributed by atoms with Gasteiger partial charge in [0.25, 0.3) is 0 Å². The molecule has 0 saturated carbocycles. The lowest BCUT2D eigenvalue weighted by Crippen LogP contribution is -2.06. The van der Waals surface area contributed by atoms with Crippen LogP contribution in [0.5, 0.6) is 0 Å². The Hall–Kier alpha value is -10.5. The summed E-state index contributed by atoms with van der Waals surface area (Å²) < 4.78 is 7.17. The highest BCUT2D eigenvalue weighted by atomic mass is 32.1. The van der Waals surface area contributed by atoms with E-state index in [9.17, 15) is 0 Å². The van der Waals surface area contributed by atoms with E-state index in [0.717, 1.165) is 77.2 Å². The summed E-state index contributed by atoms with van der Waals surface area (Å²) in [7, 11) is 0. The molecule has 368 valence electrons. The van der Waals surface area contributed by atoms with E-state index in [1.165, 1.54) is 42.0 Å². The van der Waals surface area contributed by atoms with Crippen molar-refractivity contribution in [2.75, 3.05) is 0 Å². The summed E-state index contributed by atoms with van der Waals surface area (Å²) in [5.74, 6) is 3.59. The summed E-state index contributed by atoms with van der Waals surface area (Å²) in [6, 6.07) is 89.3. The van der Waals surface area contributed by atoms with Gasteiger partial charge in [0.05, 0.1) is 26.8 Å². The van der Waals surface area contributed by atoms with Gasteiger partial charge in [0.1, 0.15) is 0 Å². The van der Waals surface area contributed by atoms with E-state index >= 15 is 0 Å². The van der Waals surface area contributed by atoms with Crippen LogP contribution in [0.1, 0.15) is 0 Å². The lowest BCUT2D eigenvalue weighted by Gasteiger charge is -2.12. The first-order chi connectivity index (χ1) is 39.1. The molecular weight excluding hydrogens is 985 g/mol. The van der Waals surface area contributed by atoms with Gasteiger partial charge in [-0.1, -0.05) is 194 Å². The average molecular weight is 1030 g/mol. The molecule has 0 atom stereocenters. The lowest BCUT2D eigenvalue weighted by molar-refractivity contribution is 0.953. The van der Waals surface area contributed by atoms with Gasteiger partial charge in [0.15, 0.2) is 29.1 Å². The van der Waals surface area contributed by atoms with Crippen LogP contribution in [0.3, 0.4) is 0 Å². The van der Waals surface area contributed by atoms with Crippen molar-refractivity contribution in [3.8, 4) is 79.7 Å². The Kier molecular flexibility index (Phi) is 10.3. The number of hydrogen-bond acceptors (Lipinski definition) is 7. The summed E-state index contributed by atoms with van der Waals surface area (Å²) >= 11 is 1.86. The molecule has 0 spiro atoms. The van der Waals surface area contributed by atoms with Crippen molar-refractivity contribution in [1.29, 1.82) is 0 Å². The number of aromatic nitrogens is 8. The molecule has 0 N–H and O–H groups in total. The van der Waals surface area contributed by atoms with Crippen LogP contribution in [0.2, 0.25) is 0 Å². The Morgan fingerprint density at radius 2 is 0.759 bits per heavy atom. The third-order valence-electron chi connectivity index (χ3n) is 15.2. The first-order valence-electron chi connectivity index (χ1n) is 26.3. The predicted octanol–water partition coefficient (Wildman–Crippen LogP) is 17.8. The van der Waals surface area contributed by atoms with Gasteiger partial charge in [-0.2, -0.15) is 9.97 Å². The van der Waals surface area contributed by atoms with Crippen molar-refractivity contribution >= 4 is 85.9 Å². The van der Waals surface area contributed by atoms with Crippen LogP contribution in [-0.4, -0.2) is 39.0 Å². The quantitative estimate of drug-likeness (QED) is 0.151. The van der Waals surface area contributed by atoms with Crippen LogP contribution < -0.4 is 0 Å². The van der Waals surface area contributed by atoms with Gasteiger partial charge < -0.3 is 4.57 Å². The predicted molar refractivity (Wildman–Crippen MR) is 325 cm³/mol. The van der Waals surface area contributed by atoms with Gasteiger partial charge in [-0.15, -0.1) is 11.3 Å². The molecule has 11 aromatic carbocycles. The van der Waals surface area contributed by atoms with Crippen LogP contribution in [0, 0.1) is 0 Å². The zero-order chi connectivity index (χ0) is 52.0.